The Morgan fingerprint density at radius 1 is 1.58 bits per heavy atom. The van der Waals surface area contributed by atoms with Crippen LogP contribution in [0.5, 0.6) is 0 Å². The van der Waals surface area contributed by atoms with Crippen LogP contribution in [-0.4, -0.2) is 60.2 Å². The molecule has 0 spiro atoms. The predicted octanol–water partition coefficient (Wildman–Crippen LogP) is -1.18. The molecule has 1 aliphatic rings. The van der Waals surface area contributed by atoms with Crippen molar-refractivity contribution >= 4 is 11.7 Å². The van der Waals surface area contributed by atoms with Gasteiger partial charge in [-0.25, -0.2) is 15.8 Å². The van der Waals surface area contributed by atoms with Gasteiger partial charge in [0, 0.05) is 19.6 Å². The first kappa shape index (κ1) is 13.7. The Morgan fingerprint density at radius 2 is 2.42 bits per heavy atom. The number of ether oxygens (including phenoxy) is 1. The number of hydrazine groups is 1. The molecule has 1 aliphatic heterocycles. The number of hydrogen-bond acceptors (Lipinski definition) is 7. The van der Waals surface area contributed by atoms with E-state index in [4.69, 9.17) is 10.6 Å². The molecule has 4 N–H and O–H groups in total. The number of carbonyl (C=O) groups is 1. The van der Waals surface area contributed by atoms with Gasteiger partial charge in [0.2, 0.25) is 0 Å². The van der Waals surface area contributed by atoms with Crippen LogP contribution in [0.1, 0.15) is 10.5 Å². The minimum Gasteiger partial charge on any atom is -0.374 e. The molecule has 8 nitrogen and oxygen atoms in total. The minimum atomic E-state index is -0.270. The number of likely N-dealkylation sites (N-methyl/N-ethyl adjacent to an activating group) is 1. The van der Waals surface area contributed by atoms with Crippen LogP contribution in [0.25, 0.3) is 0 Å². The van der Waals surface area contributed by atoms with E-state index in [0.717, 1.165) is 13.1 Å². The highest BCUT2D eigenvalue weighted by atomic mass is 16.5. The van der Waals surface area contributed by atoms with Gasteiger partial charge in [-0.05, 0) is 7.05 Å². The zero-order valence-corrected chi connectivity index (χ0v) is 10.8. The number of aromatic nitrogens is 2. The van der Waals surface area contributed by atoms with Gasteiger partial charge in [0.1, 0.15) is 5.69 Å². The molecule has 104 valence electrons. The molecule has 1 unspecified atom stereocenters. The van der Waals surface area contributed by atoms with E-state index in [2.05, 4.69) is 25.6 Å². The van der Waals surface area contributed by atoms with Crippen LogP contribution in [0.4, 0.5) is 5.82 Å². The Hall–Kier alpha value is -1.77. The molecule has 2 heterocycles. The Morgan fingerprint density at radius 3 is 3.05 bits per heavy atom. The molecule has 1 atom stereocenters. The van der Waals surface area contributed by atoms with Crippen LogP contribution in [-0.2, 0) is 4.74 Å². The van der Waals surface area contributed by atoms with Crippen molar-refractivity contribution in [2.45, 2.75) is 6.10 Å². The molecule has 2 rings (SSSR count). The summed E-state index contributed by atoms with van der Waals surface area (Å²) >= 11 is 0. The van der Waals surface area contributed by atoms with Crippen LogP contribution in [0.15, 0.2) is 12.4 Å². The van der Waals surface area contributed by atoms with Crippen molar-refractivity contribution in [1.82, 2.24) is 20.2 Å². The average molecular weight is 266 g/mol. The van der Waals surface area contributed by atoms with Gasteiger partial charge in [0.15, 0.2) is 5.82 Å². The summed E-state index contributed by atoms with van der Waals surface area (Å²) in [6, 6.07) is 0. The number of carbonyl (C=O) groups excluding carboxylic acids is 1. The number of hydrogen-bond donors (Lipinski definition) is 3. The second-order valence-electron chi connectivity index (χ2n) is 4.40. The molecule has 1 aromatic heterocycles. The zero-order chi connectivity index (χ0) is 13.7. The fourth-order valence-electron chi connectivity index (χ4n) is 1.81. The Kier molecular flexibility index (Phi) is 4.61. The van der Waals surface area contributed by atoms with Gasteiger partial charge in [-0.2, -0.15) is 0 Å². The van der Waals surface area contributed by atoms with Crippen molar-refractivity contribution in [2.75, 3.05) is 38.7 Å². The molecule has 0 radical (unpaired) electrons. The fourth-order valence-corrected chi connectivity index (χ4v) is 1.81. The van der Waals surface area contributed by atoms with Gasteiger partial charge in [-0.1, -0.05) is 0 Å². The second-order valence-corrected chi connectivity index (χ2v) is 4.40. The van der Waals surface area contributed by atoms with Crippen molar-refractivity contribution < 1.29 is 9.53 Å². The highest BCUT2D eigenvalue weighted by molar-refractivity contribution is 5.92. The maximum Gasteiger partial charge on any atom is 0.271 e. The Bertz CT molecular complexity index is 424. The Balaban J connectivity index is 1.83. The van der Waals surface area contributed by atoms with E-state index in [1.165, 1.54) is 12.4 Å². The first-order valence-electron chi connectivity index (χ1n) is 6.06. The molecule has 1 aromatic rings. The maximum absolute atomic E-state index is 11.8. The van der Waals surface area contributed by atoms with Crippen LogP contribution >= 0.6 is 0 Å². The number of anilines is 1. The summed E-state index contributed by atoms with van der Waals surface area (Å²) in [5.74, 6) is 5.31. The number of morpholine rings is 1. The summed E-state index contributed by atoms with van der Waals surface area (Å²) in [6.45, 7) is 2.88. The number of nitrogens with two attached hydrogens (primary N) is 1. The second kappa shape index (κ2) is 6.41. The average Bonchev–Trinajstić information content (AvgIpc) is 2.45. The lowest BCUT2D eigenvalue weighted by Crippen LogP contribution is -2.46. The molecule has 0 aromatic carbocycles. The van der Waals surface area contributed by atoms with Crippen LogP contribution in [0, 0.1) is 0 Å². The van der Waals surface area contributed by atoms with E-state index in [-0.39, 0.29) is 17.7 Å². The van der Waals surface area contributed by atoms with E-state index < -0.39 is 0 Å². The number of nitrogens with zero attached hydrogens (tertiary/aromatic N) is 3. The molecule has 19 heavy (non-hydrogen) atoms. The predicted molar refractivity (Wildman–Crippen MR) is 69.4 cm³/mol. The van der Waals surface area contributed by atoms with Crippen molar-refractivity contribution in [2.24, 2.45) is 5.84 Å². The summed E-state index contributed by atoms with van der Waals surface area (Å²) in [5.41, 5.74) is 2.60. The van der Waals surface area contributed by atoms with Gasteiger partial charge in [0.05, 0.1) is 25.1 Å². The first-order valence-corrected chi connectivity index (χ1v) is 6.06. The monoisotopic (exact) mass is 266 g/mol. The molecule has 0 saturated carbocycles. The van der Waals surface area contributed by atoms with Gasteiger partial charge >= 0.3 is 0 Å². The summed E-state index contributed by atoms with van der Waals surface area (Å²) in [5, 5.41) is 2.78. The van der Waals surface area contributed by atoms with Crippen LogP contribution < -0.4 is 16.6 Å². The lowest BCUT2D eigenvalue weighted by Gasteiger charge is -2.30. The third-order valence-electron chi connectivity index (χ3n) is 2.86. The topological polar surface area (TPSA) is 105 Å². The molecular formula is C11H18N6O2. The quantitative estimate of drug-likeness (QED) is 0.465. The van der Waals surface area contributed by atoms with E-state index in [0.29, 0.717) is 19.0 Å². The largest absolute Gasteiger partial charge is 0.374 e. The normalized spacial score (nSPS) is 20.0. The molecule has 0 bridgehead atoms. The van der Waals surface area contributed by atoms with E-state index >= 15 is 0 Å². The number of amides is 1. The fraction of sp³-hybridized carbons (Fsp3) is 0.545. The van der Waals surface area contributed by atoms with Gasteiger partial charge < -0.3 is 20.4 Å². The van der Waals surface area contributed by atoms with Crippen molar-refractivity contribution in [3.05, 3.63) is 18.1 Å². The molecule has 8 heteroatoms. The van der Waals surface area contributed by atoms with Crippen LogP contribution in [0.2, 0.25) is 0 Å². The van der Waals surface area contributed by atoms with E-state index in [9.17, 15) is 4.79 Å². The molecule has 1 amide bonds. The number of nitrogens with one attached hydrogen (secondary N) is 2. The zero-order valence-electron chi connectivity index (χ0n) is 10.8. The lowest BCUT2D eigenvalue weighted by molar-refractivity contribution is -0.0175. The third-order valence-corrected chi connectivity index (χ3v) is 2.86. The first-order chi connectivity index (χ1) is 9.19. The summed E-state index contributed by atoms with van der Waals surface area (Å²) in [4.78, 5) is 21.9. The van der Waals surface area contributed by atoms with E-state index in [1.807, 2.05) is 7.05 Å². The van der Waals surface area contributed by atoms with Crippen molar-refractivity contribution in [3.8, 4) is 0 Å². The van der Waals surface area contributed by atoms with Gasteiger partial charge in [-0.15, -0.1) is 0 Å². The molecule has 1 saturated heterocycles. The standard InChI is InChI=1S/C11H18N6O2/c1-17-2-3-19-8(7-17)4-15-11(18)9-5-14-10(16-12)6-13-9/h5-6,8H,2-4,7,12H2,1H3,(H,14,16)(H,15,18). The van der Waals surface area contributed by atoms with E-state index in [1.54, 1.807) is 0 Å². The third kappa shape index (κ3) is 3.85. The summed E-state index contributed by atoms with van der Waals surface area (Å²) in [7, 11) is 2.03. The highest BCUT2D eigenvalue weighted by Crippen LogP contribution is 2.03. The molecular weight excluding hydrogens is 248 g/mol. The SMILES string of the molecule is CN1CCOC(CNC(=O)c2cnc(NN)cn2)C1. The van der Waals surface area contributed by atoms with Crippen molar-refractivity contribution in [3.63, 3.8) is 0 Å². The minimum absolute atomic E-state index is 0.0145. The smallest absolute Gasteiger partial charge is 0.271 e. The Labute approximate surface area is 111 Å². The lowest BCUT2D eigenvalue weighted by atomic mass is 10.2. The highest BCUT2D eigenvalue weighted by Gasteiger charge is 2.18. The van der Waals surface area contributed by atoms with Gasteiger partial charge in [-0.3, -0.25) is 4.79 Å². The number of rotatable bonds is 4. The van der Waals surface area contributed by atoms with Gasteiger partial charge in [0.25, 0.3) is 5.91 Å². The summed E-state index contributed by atoms with van der Waals surface area (Å²) in [6.07, 6.45) is 2.79. The van der Waals surface area contributed by atoms with Crippen molar-refractivity contribution in [1.29, 1.82) is 0 Å². The molecule has 1 fully saturated rings. The molecule has 0 aliphatic carbocycles. The number of nitrogen functional groups attached to an aromatic ring is 1. The maximum atomic E-state index is 11.8. The summed E-state index contributed by atoms with van der Waals surface area (Å²) < 4.78 is 5.55. The van der Waals surface area contributed by atoms with Crippen LogP contribution in [0.3, 0.4) is 0 Å².